The monoisotopic (exact) mass is 780 g/mol. The molecule has 56 heavy (non-hydrogen) atoms. The third kappa shape index (κ3) is 10.1. The van der Waals surface area contributed by atoms with Crippen molar-refractivity contribution in [3.63, 3.8) is 0 Å². The summed E-state index contributed by atoms with van der Waals surface area (Å²) in [7, 11) is 2.15. The van der Waals surface area contributed by atoms with Gasteiger partial charge in [0.05, 0.1) is 31.1 Å². The fraction of sp³-hybridized carbons (Fsp3) is 0.605. The van der Waals surface area contributed by atoms with Gasteiger partial charge >= 0.3 is 6.18 Å². The third-order valence-electron chi connectivity index (χ3n) is 12.6. The van der Waals surface area contributed by atoms with E-state index in [-0.39, 0.29) is 29.3 Å². The molecule has 13 heteroatoms. The molecular weight excluding hydrogens is 722 g/mol. The number of aryl methyl sites for hydroxylation is 1. The van der Waals surface area contributed by atoms with E-state index < -0.39 is 11.9 Å². The van der Waals surface area contributed by atoms with Crippen LogP contribution >= 0.6 is 0 Å². The molecule has 306 valence electrons. The Morgan fingerprint density at radius 1 is 1.02 bits per heavy atom. The topological polar surface area (TPSA) is 123 Å². The van der Waals surface area contributed by atoms with E-state index in [2.05, 4.69) is 57.4 Å². The number of phenolic OH excluding ortho intramolecular Hbond substituents is 1. The van der Waals surface area contributed by atoms with Crippen LogP contribution in [0.4, 0.5) is 24.7 Å². The molecule has 3 aliphatic carbocycles. The maximum Gasteiger partial charge on any atom is 0.434 e. The van der Waals surface area contributed by atoms with Crippen LogP contribution in [0.25, 0.3) is 0 Å². The first-order chi connectivity index (χ1) is 26.9. The SMILES string of the molecule is CC12CCC3c4ccc(O)cc4CCC3C1CCC2O.CCCNC(=O)c1ccc(N2CCN(C)CC2)cc1.FC(F)(F)c1cncc(NC2CCCOC2)n1. The van der Waals surface area contributed by atoms with Crippen molar-refractivity contribution in [2.24, 2.45) is 17.3 Å². The van der Waals surface area contributed by atoms with E-state index in [0.717, 1.165) is 82.7 Å². The molecule has 4 fully saturated rings. The van der Waals surface area contributed by atoms with Crippen LogP contribution in [-0.4, -0.2) is 96.1 Å². The molecule has 1 aromatic heterocycles. The van der Waals surface area contributed by atoms with Crippen LogP contribution in [0.2, 0.25) is 0 Å². The molecule has 10 nitrogen and oxygen atoms in total. The highest BCUT2D eigenvalue weighted by Crippen LogP contribution is 2.60. The zero-order chi connectivity index (χ0) is 39.9. The molecule has 1 amide bonds. The number of hydrogen-bond acceptors (Lipinski definition) is 9. The number of aliphatic hydroxyl groups is 1. The van der Waals surface area contributed by atoms with Crippen molar-refractivity contribution in [2.75, 3.05) is 63.2 Å². The third-order valence-corrected chi connectivity index (χ3v) is 12.6. The van der Waals surface area contributed by atoms with E-state index in [1.807, 2.05) is 36.4 Å². The molecule has 6 unspecified atom stereocenters. The average molecular weight is 781 g/mol. The predicted molar refractivity (Wildman–Crippen MR) is 212 cm³/mol. The molecule has 4 N–H and O–H groups in total. The van der Waals surface area contributed by atoms with E-state index in [4.69, 9.17) is 4.74 Å². The zero-order valence-corrected chi connectivity index (χ0v) is 33.0. The maximum atomic E-state index is 12.4. The summed E-state index contributed by atoms with van der Waals surface area (Å²) in [6.45, 7) is 10.6. The van der Waals surface area contributed by atoms with Gasteiger partial charge in [-0.3, -0.25) is 9.78 Å². The predicted octanol–water partition coefficient (Wildman–Crippen LogP) is 7.27. The Balaban J connectivity index is 0.000000143. The van der Waals surface area contributed by atoms with Crippen LogP contribution < -0.4 is 15.5 Å². The van der Waals surface area contributed by atoms with E-state index >= 15 is 0 Å². The van der Waals surface area contributed by atoms with Gasteiger partial charge in [0.25, 0.3) is 5.91 Å². The van der Waals surface area contributed by atoms with Gasteiger partial charge < -0.3 is 35.4 Å². The molecule has 5 aliphatic rings. The van der Waals surface area contributed by atoms with E-state index in [0.29, 0.717) is 37.0 Å². The van der Waals surface area contributed by atoms with Gasteiger partial charge in [0.15, 0.2) is 5.69 Å². The largest absolute Gasteiger partial charge is 0.508 e. The number of fused-ring (bicyclic) bond motifs is 5. The minimum Gasteiger partial charge on any atom is -0.508 e. The van der Waals surface area contributed by atoms with Crippen molar-refractivity contribution in [1.82, 2.24) is 20.2 Å². The smallest absolute Gasteiger partial charge is 0.434 e. The molecule has 2 saturated carbocycles. The minimum absolute atomic E-state index is 0.00142. The number of aromatic hydroxyl groups is 1. The number of carbonyl (C=O) groups is 1. The Labute approximate surface area is 329 Å². The number of anilines is 2. The molecule has 2 saturated heterocycles. The van der Waals surface area contributed by atoms with Crippen LogP contribution in [0.15, 0.2) is 54.9 Å². The van der Waals surface area contributed by atoms with Crippen molar-refractivity contribution >= 4 is 17.4 Å². The highest BCUT2D eigenvalue weighted by atomic mass is 19.4. The van der Waals surface area contributed by atoms with Crippen molar-refractivity contribution in [2.45, 2.75) is 95.9 Å². The number of nitrogens with zero attached hydrogens (tertiary/aromatic N) is 4. The summed E-state index contributed by atoms with van der Waals surface area (Å²) in [5.41, 5.74) is 3.96. The van der Waals surface area contributed by atoms with Gasteiger partial charge in [-0.1, -0.05) is 19.9 Å². The van der Waals surface area contributed by atoms with Crippen LogP contribution in [0, 0.1) is 17.3 Å². The van der Waals surface area contributed by atoms with Gasteiger partial charge in [-0.15, -0.1) is 0 Å². The molecule has 0 bridgehead atoms. The number of hydrogen-bond donors (Lipinski definition) is 4. The lowest BCUT2D eigenvalue weighted by Gasteiger charge is -2.50. The van der Waals surface area contributed by atoms with Crippen LogP contribution in [0.5, 0.6) is 5.75 Å². The molecular formula is C43H59F3N6O4. The number of carbonyl (C=O) groups excluding carboxylic acids is 1. The highest BCUT2D eigenvalue weighted by molar-refractivity contribution is 5.94. The van der Waals surface area contributed by atoms with Crippen molar-refractivity contribution in [1.29, 1.82) is 0 Å². The molecule has 3 heterocycles. The molecule has 3 aromatic rings. The Hall–Kier alpha value is -3.94. The molecule has 8 rings (SSSR count). The van der Waals surface area contributed by atoms with Gasteiger partial charge in [-0.25, -0.2) is 4.98 Å². The molecule has 0 spiro atoms. The van der Waals surface area contributed by atoms with Crippen LogP contribution in [0.3, 0.4) is 0 Å². The zero-order valence-electron chi connectivity index (χ0n) is 33.0. The van der Waals surface area contributed by atoms with Gasteiger partial charge in [-0.05, 0) is 136 Å². The second-order valence-corrected chi connectivity index (χ2v) is 16.4. The van der Waals surface area contributed by atoms with Gasteiger partial charge in [0, 0.05) is 50.6 Å². The summed E-state index contributed by atoms with van der Waals surface area (Å²) in [5, 5.41) is 25.8. The summed E-state index contributed by atoms with van der Waals surface area (Å²) in [4.78, 5) is 23.5. The van der Waals surface area contributed by atoms with Crippen molar-refractivity contribution < 1.29 is 32.9 Å². The molecule has 0 radical (unpaired) electrons. The first-order valence-electron chi connectivity index (χ1n) is 20.4. The van der Waals surface area contributed by atoms with Gasteiger partial charge in [0.2, 0.25) is 0 Å². The normalized spacial score (nSPS) is 27.3. The summed E-state index contributed by atoms with van der Waals surface area (Å²) in [6, 6.07) is 13.9. The Bertz CT molecular complexity index is 1730. The second kappa shape index (κ2) is 18.5. The number of amides is 1. The standard InChI is InChI=1S/C18H24O2.C15H23N3O.C10H12F3N3O/c1-18-9-8-14-13-5-3-12(19)10-11(13)2-4-15(14)16(18)6-7-17(18)20;1-3-8-16-15(19)13-4-6-14(7-5-13)18-11-9-17(2)10-12-18;11-10(12,13)8-4-14-5-9(16-8)15-7-2-1-3-17-6-7/h3,5,10,14-17,19-20H,2,4,6-9H2,1H3;4-7H,3,8-12H2,1-2H3,(H,16,19);4-5,7H,1-3,6H2,(H,15,16). The average Bonchev–Trinajstić information content (AvgIpc) is 3.51. The summed E-state index contributed by atoms with van der Waals surface area (Å²) in [5.74, 6) is 2.64. The first kappa shape index (κ1) is 41.7. The van der Waals surface area contributed by atoms with E-state index in [1.54, 1.807) is 0 Å². The number of aromatic nitrogens is 2. The number of phenols is 1. The summed E-state index contributed by atoms with van der Waals surface area (Å²) in [6.07, 6.45) is 7.02. The van der Waals surface area contributed by atoms with E-state index in [9.17, 15) is 28.2 Å². The lowest BCUT2D eigenvalue weighted by molar-refractivity contribution is -0.141. The Morgan fingerprint density at radius 3 is 2.48 bits per heavy atom. The summed E-state index contributed by atoms with van der Waals surface area (Å²) >= 11 is 0. The number of piperazine rings is 1. The lowest BCUT2D eigenvalue weighted by Crippen LogP contribution is -2.44. The Morgan fingerprint density at radius 2 is 1.79 bits per heavy atom. The number of alkyl halides is 3. The fourth-order valence-corrected chi connectivity index (χ4v) is 9.41. The number of nitrogens with one attached hydrogen (secondary N) is 2. The number of likely N-dealkylation sites (N-methyl/N-ethyl adjacent to an activating group) is 1. The number of aliphatic hydroxyl groups excluding tert-OH is 1. The number of benzene rings is 2. The summed E-state index contributed by atoms with van der Waals surface area (Å²) < 4.78 is 42.4. The van der Waals surface area contributed by atoms with Gasteiger partial charge in [-0.2, -0.15) is 13.2 Å². The molecule has 6 atom stereocenters. The van der Waals surface area contributed by atoms with Crippen molar-refractivity contribution in [3.8, 4) is 5.75 Å². The number of rotatable bonds is 6. The molecule has 2 aromatic carbocycles. The number of ether oxygens (including phenoxy) is 1. The lowest BCUT2D eigenvalue weighted by atomic mass is 9.55. The first-order valence-corrected chi connectivity index (χ1v) is 20.4. The minimum atomic E-state index is -4.46. The second-order valence-electron chi connectivity index (χ2n) is 16.4. The van der Waals surface area contributed by atoms with Crippen molar-refractivity contribution in [3.05, 3.63) is 77.2 Å². The fourth-order valence-electron chi connectivity index (χ4n) is 9.41. The Kier molecular flexibility index (Phi) is 13.8. The van der Waals surface area contributed by atoms with Crippen LogP contribution in [-0.2, 0) is 17.3 Å². The maximum absolute atomic E-state index is 12.4. The van der Waals surface area contributed by atoms with Gasteiger partial charge in [0.1, 0.15) is 11.6 Å². The quantitative estimate of drug-likeness (QED) is 0.205. The number of halogens is 3. The van der Waals surface area contributed by atoms with E-state index in [1.165, 1.54) is 42.3 Å². The van der Waals surface area contributed by atoms with Crippen LogP contribution in [0.1, 0.15) is 98.3 Å². The highest BCUT2D eigenvalue weighted by Gasteiger charge is 2.54. The molecule has 2 aliphatic heterocycles.